The maximum absolute atomic E-state index is 13.3. The Morgan fingerprint density at radius 3 is 2.87 bits per heavy atom. The number of nitrogens with two attached hydrogens (primary N) is 1. The molecule has 2 rings (SSSR count). The molecule has 0 radical (unpaired) electrons. The lowest BCUT2D eigenvalue weighted by molar-refractivity contribution is 0.138. The molecule has 0 aliphatic carbocycles. The lowest BCUT2D eigenvalue weighted by Gasteiger charge is -2.14. The van der Waals surface area contributed by atoms with Crippen LogP contribution in [0.5, 0.6) is 5.75 Å². The molecule has 0 bridgehead atoms. The van der Waals surface area contributed by atoms with Crippen LogP contribution in [0.25, 0.3) is 0 Å². The van der Waals surface area contributed by atoms with E-state index in [1.165, 1.54) is 6.07 Å². The zero-order valence-corrected chi connectivity index (χ0v) is 8.00. The third-order valence-corrected chi connectivity index (χ3v) is 2.25. The van der Waals surface area contributed by atoms with Crippen LogP contribution in [0, 0.1) is 11.6 Å². The first-order chi connectivity index (χ1) is 7.18. The maximum atomic E-state index is 13.3. The Labute approximate surface area is 85.8 Å². The molecule has 1 atom stereocenters. The Morgan fingerprint density at radius 2 is 2.20 bits per heavy atom. The minimum atomic E-state index is -1.04. The number of halogens is 2. The van der Waals surface area contributed by atoms with E-state index in [1.54, 1.807) is 0 Å². The fourth-order valence-corrected chi connectivity index (χ4v) is 1.44. The highest BCUT2D eigenvalue weighted by Crippen LogP contribution is 2.29. The molecule has 1 saturated heterocycles. The van der Waals surface area contributed by atoms with Gasteiger partial charge in [0.15, 0.2) is 11.6 Å². The van der Waals surface area contributed by atoms with Gasteiger partial charge in [0.1, 0.15) is 6.10 Å². The van der Waals surface area contributed by atoms with Gasteiger partial charge >= 0.3 is 0 Å². The third kappa shape index (κ3) is 2.02. The average molecular weight is 215 g/mol. The number of hydrogen-bond acceptors (Lipinski definition) is 3. The van der Waals surface area contributed by atoms with Gasteiger partial charge in [0.25, 0.3) is 0 Å². The van der Waals surface area contributed by atoms with E-state index in [0.29, 0.717) is 19.6 Å². The summed E-state index contributed by atoms with van der Waals surface area (Å²) in [4.78, 5) is 0. The van der Waals surface area contributed by atoms with Gasteiger partial charge in [0.05, 0.1) is 18.9 Å². The predicted octanol–water partition coefficient (Wildman–Crippen LogP) is 1.71. The summed E-state index contributed by atoms with van der Waals surface area (Å²) < 4.78 is 36.5. The Kier molecular flexibility index (Phi) is 2.73. The zero-order valence-electron chi connectivity index (χ0n) is 8.00. The van der Waals surface area contributed by atoms with Crippen molar-refractivity contribution in [1.82, 2.24) is 0 Å². The van der Waals surface area contributed by atoms with Gasteiger partial charge in [-0.1, -0.05) is 0 Å². The molecular weight excluding hydrogens is 204 g/mol. The normalized spacial score (nSPS) is 20.5. The van der Waals surface area contributed by atoms with E-state index >= 15 is 0 Å². The van der Waals surface area contributed by atoms with Crippen molar-refractivity contribution in [2.75, 3.05) is 18.9 Å². The van der Waals surface area contributed by atoms with Crippen LogP contribution in [0.4, 0.5) is 14.5 Å². The van der Waals surface area contributed by atoms with Gasteiger partial charge in [-0.25, -0.2) is 4.39 Å². The summed E-state index contributed by atoms with van der Waals surface area (Å²) in [6.07, 6.45) is 0.415. The molecule has 0 spiro atoms. The number of ether oxygens (including phenoxy) is 2. The molecule has 5 heteroatoms. The molecule has 1 aliphatic heterocycles. The van der Waals surface area contributed by atoms with Crippen molar-refractivity contribution in [3.8, 4) is 5.75 Å². The van der Waals surface area contributed by atoms with E-state index in [4.69, 9.17) is 15.2 Å². The van der Waals surface area contributed by atoms with E-state index in [1.807, 2.05) is 0 Å². The zero-order chi connectivity index (χ0) is 10.8. The second-order valence-corrected chi connectivity index (χ2v) is 3.38. The molecule has 1 unspecified atom stereocenters. The first kappa shape index (κ1) is 10.2. The minimum Gasteiger partial charge on any atom is -0.483 e. The van der Waals surface area contributed by atoms with Gasteiger partial charge in [0.2, 0.25) is 5.82 Å². The predicted molar refractivity (Wildman–Crippen MR) is 50.6 cm³/mol. The summed E-state index contributed by atoms with van der Waals surface area (Å²) in [6, 6.07) is 2.26. The number of anilines is 1. The molecule has 0 aromatic heterocycles. The second kappa shape index (κ2) is 4.02. The van der Waals surface area contributed by atoms with Gasteiger partial charge in [-0.15, -0.1) is 0 Å². The fourth-order valence-electron chi connectivity index (χ4n) is 1.44. The van der Waals surface area contributed by atoms with Crippen molar-refractivity contribution < 1.29 is 18.3 Å². The molecule has 1 fully saturated rings. The topological polar surface area (TPSA) is 44.5 Å². The van der Waals surface area contributed by atoms with Gasteiger partial charge in [-0.3, -0.25) is 0 Å². The van der Waals surface area contributed by atoms with E-state index in [0.717, 1.165) is 6.07 Å². The van der Waals surface area contributed by atoms with E-state index < -0.39 is 11.6 Å². The number of rotatable bonds is 2. The van der Waals surface area contributed by atoms with Crippen LogP contribution < -0.4 is 10.5 Å². The number of hydrogen-bond donors (Lipinski definition) is 1. The summed E-state index contributed by atoms with van der Waals surface area (Å²) >= 11 is 0. The summed E-state index contributed by atoms with van der Waals surface area (Å²) in [7, 11) is 0. The smallest absolute Gasteiger partial charge is 0.202 e. The minimum absolute atomic E-state index is 0.0980. The largest absolute Gasteiger partial charge is 0.483 e. The quantitative estimate of drug-likeness (QED) is 0.764. The molecular formula is C10H11F2NO2. The highest BCUT2D eigenvalue weighted by Gasteiger charge is 2.21. The van der Waals surface area contributed by atoms with Crippen LogP contribution in [0.15, 0.2) is 12.1 Å². The highest BCUT2D eigenvalue weighted by atomic mass is 19.2. The first-order valence-corrected chi connectivity index (χ1v) is 4.66. The van der Waals surface area contributed by atoms with Crippen molar-refractivity contribution in [3.63, 3.8) is 0 Å². The molecule has 0 saturated carbocycles. The van der Waals surface area contributed by atoms with Gasteiger partial charge < -0.3 is 15.2 Å². The summed E-state index contributed by atoms with van der Waals surface area (Å²) in [5.41, 5.74) is 5.59. The molecule has 15 heavy (non-hydrogen) atoms. The van der Waals surface area contributed by atoms with Crippen LogP contribution in [-0.4, -0.2) is 19.3 Å². The van der Waals surface area contributed by atoms with Crippen LogP contribution >= 0.6 is 0 Å². The van der Waals surface area contributed by atoms with Crippen molar-refractivity contribution in [3.05, 3.63) is 23.8 Å². The van der Waals surface area contributed by atoms with Crippen LogP contribution in [-0.2, 0) is 4.74 Å². The molecule has 0 amide bonds. The standard InChI is InChI=1S/C10H11F2NO2/c11-7-1-2-8(13)10(9(7)12)15-6-3-4-14-5-6/h1-2,6H,3-5,13H2. The fraction of sp³-hybridized carbons (Fsp3) is 0.400. The van der Waals surface area contributed by atoms with Crippen molar-refractivity contribution in [2.24, 2.45) is 0 Å². The Morgan fingerprint density at radius 1 is 1.40 bits per heavy atom. The molecule has 82 valence electrons. The van der Waals surface area contributed by atoms with Crippen LogP contribution in [0.2, 0.25) is 0 Å². The molecule has 1 aliphatic rings. The Balaban J connectivity index is 2.22. The third-order valence-electron chi connectivity index (χ3n) is 2.25. The molecule has 1 heterocycles. The molecule has 2 N–H and O–H groups in total. The second-order valence-electron chi connectivity index (χ2n) is 3.38. The van der Waals surface area contributed by atoms with E-state index in [9.17, 15) is 8.78 Å². The van der Waals surface area contributed by atoms with E-state index in [-0.39, 0.29) is 17.5 Å². The lowest BCUT2D eigenvalue weighted by Crippen LogP contribution is -2.17. The first-order valence-electron chi connectivity index (χ1n) is 4.66. The lowest BCUT2D eigenvalue weighted by atomic mass is 10.2. The van der Waals surface area contributed by atoms with Crippen LogP contribution in [0.1, 0.15) is 6.42 Å². The van der Waals surface area contributed by atoms with E-state index in [2.05, 4.69) is 0 Å². The average Bonchev–Trinajstić information content (AvgIpc) is 2.71. The summed E-state index contributed by atoms with van der Waals surface area (Å²) in [6.45, 7) is 0.955. The molecule has 1 aromatic rings. The molecule has 1 aromatic carbocycles. The number of nitrogen functional groups attached to an aromatic ring is 1. The highest BCUT2D eigenvalue weighted by molar-refractivity contribution is 5.53. The Hall–Kier alpha value is -1.36. The van der Waals surface area contributed by atoms with Crippen molar-refractivity contribution in [2.45, 2.75) is 12.5 Å². The van der Waals surface area contributed by atoms with Gasteiger partial charge in [0, 0.05) is 6.42 Å². The van der Waals surface area contributed by atoms with Crippen molar-refractivity contribution >= 4 is 5.69 Å². The Bertz CT molecular complexity index is 365. The SMILES string of the molecule is Nc1ccc(F)c(F)c1OC1CCOC1. The number of benzene rings is 1. The van der Waals surface area contributed by atoms with Gasteiger partial charge in [-0.2, -0.15) is 4.39 Å². The van der Waals surface area contributed by atoms with Gasteiger partial charge in [-0.05, 0) is 12.1 Å². The summed E-state index contributed by atoms with van der Waals surface area (Å²) in [5.74, 6) is -2.22. The monoisotopic (exact) mass is 215 g/mol. The molecule has 3 nitrogen and oxygen atoms in total. The van der Waals surface area contributed by atoms with Crippen LogP contribution in [0.3, 0.4) is 0 Å². The van der Waals surface area contributed by atoms with Crippen molar-refractivity contribution in [1.29, 1.82) is 0 Å². The summed E-state index contributed by atoms with van der Waals surface area (Å²) in [5, 5.41) is 0. The maximum Gasteiger partial charge on any atom is 0.202 e.